The van der Waals surface area contributed by atoms with Crippen molar-refractivity contribution in [3.8, 4) is 5.75 Å². The summed E-state index contributed by atoms with van der Waals surface area (Å²) in [4.78, 5) is 11.6. The topological polar surface area (TPSA) is 116 Å². The van der Waals surface area contributed by atoms with E-state index in [0.717, 1.165) is 12.3 Å². The van der Waals surface area contributed by atoms with E-state index in [1.807, 2.05) is 0 Å². The number of carbonyl (C=O) groups excluding carboxylic acids is 1. The SMILES string of the molecule is COC(=O)c1cc(CNS(=O)(=O)c2cc(S(C)(=O)=O)ccc2C)ccc1OC. The van der Waals surface area contributed by atoms with Crippen molar-refractivity contribution in [2.45, 2.75) is 23.3 Å². The molecular weight excluding hydrogens is 406 g/mol. The van der Waals surface area contributed by atoms with E-state index in [2.05, 4.69) is 4.72 Å². The zero-order valence-electron chi connectivity index (χ0n) is 15.8. The summed E-state index contributed by atoms with van der Waals surface area (Å²) in [6, 6.07) is 8.52. The molecular formula is C18H21NO7S2. The smallest absolute Gasteiger partial charge is 0.341 e. The molecule has 28 heavy (non-hydrogen) atoms. The number of sulfonamides is 1. The maximum atomic E-state index is 12.7. The zero-order chi connectivity index (χ0) is 21.1. The molecule has 0 aromatic heterocycles. The second-order valence-electron chi connectivity index (χ2n) is 6.05. The van der Waals surface area contributed by atoms with Crippen molar-refractivity contribution in [3.05, 3.63) is 53.1 Å². The molecule has 0 heterocycles. The molecule has 152 valence electrons. The Morgan fingerprint density at radius 2 is 1.71 bits per heavy atom. The van der Waals surface area contributed by atoms with Gasteiger partial charge in [-0.15, -0.1) is 0 Å². The number of nitrogens with one attached hydrogen (secondary N) is 1. The van der Waals surface area contributed by atoms with E-state index in [9.17, 15) is 21.6 Å². The maximum Gasteiger partial charge on any atom is 0.341 e. The number of rotatable bonds is 7. The quantitative estimate of drug-likeness (QED) is 0.668. The molecule has 0 aliphatic carbocycles. The molecule has 2 aromatic carbocycles. The lowest BCUT2D eigenvalue weighted by molar-refractivity contribution is 0.0597. The monoisotopic (exact) mass is 427 g/mol. The minimum atomic E-state index is -3.99. The van der Waals surface area contributed by atoms with Crippen LogP contribution in [0.5, 0.6) is 5.75 Å². The number of carbonyl (C=O) groups is 1. The number of sulfone groups is 1. The van der Waals surface area contributed by atoms with Gasteiger partial charge in [0, 0.05) is 12.8 Å². The molecule has 0 fully saturated rings. The second-order valence-corrected chi connectivity index (χ2v) is 9.80. The number of methoxy groups -OCH3 is 2. The first kappa shape index (κ1) is 21.9. The van der Waals surface area contributed by atoms with E-state index < -0.39 is 25.8 Å². The third-order valence-electron chi connectivity index (χ3n) is 4.01. The Balaban J connectivity index is 2.33. The minimum Gasteiger partial charge on any atom is -0.496 e. The van der Waals surface area contributed by atoms with Crippen molar-refractivity contribution in [1.82, 2.24) is 4.72 Å². The highest BCUT2D eigenvalue weighted by molar-refractivity contribution is 7.91. The third kappa shape index (κ3) is 4.89. The zero-order valence-corrected chi connectivity index (χ0v) is 17.5. The van der Waals surface area contributed by atoms with Crippen LogP contribution >= 0.6 is 0 Å². The highest BCUT2D eigenvalue weighted by Gasteiger charge is 2.20. The number of hydrogen-bond donors (Lipinski definition) is 1. The van der Waals surface area contributed by atoms with Crippen LogP contribution in [0.3, 0.4) is 0 Å². The third-order valence-corrected chi connectivity index (χ3v) is 6.67. The predicted molar refractivity (Wildman–Crippen MR) is 103 cm³/mol. The summed E-state index contributed by atoms with van der Waals surface area (Å²) in [6.45, 7) is 1.46. The Labute approximate surface area is 164 Å². The summed E-state index contributed by atoms with van der Waals surface area (Å²) >= 11 is 0. The molecule has 0 aliphatic heterocycles. The standard InChI is InChI=1S/C18H21NO7S2/c1-12-5-7-14(27(4,21)22)10-17(12)28(23,24)19-11-13-6-8-16(25-2)15(9-13)18(20)26-3/h5-10,19H,11H2,1-4H3. The van der Waals surface area contributed by atoms with E-state index in [-0.39, 0.29) is 21.9 Å². The summed E-state index contributed by atoms with van der Waals surface area (Å²) in [6.07, 6.45) is 1.01. The van der Waals surface area contributed by atoms with Crippen LogP contribution in [0.25, 0.3) is 0 Å². The van der Waals surface area contributed by atoms with E-state index in [1.54, 1.807) is 13.0 Å². The molecule has 0 bridgehead atoms. The first-order valence-electron chi connectivity index (χ1n) is 8.05. The normalized spacial score (nSPS) is 11.9. The molecule has 0 saturated heterocycles. The van der Waals surface area contributed by atoms with Crippen LogP contribution < -0.4 is 9.46 Å². The lowest BCUT2D eigenvalue weighted by atomic mass is 10.1. The molecule has 2 rings (SSSR count). The van der Waals surface area contributed by atoms with Crippen molar-refractivity contribution in [2.75, 3.05) is 20.5 Å². The van der Waals surface area contributed by atoms with E-state index in [1.165, 1.54) is 38.5 Å². The fraction of sp³-hybridized carbons (Fsp3) is 0.278. The molecule has 0 unspecified atom stereocenters. The minimum absolute atomic E-state index is 0.0871. The van der Waals surface area contributed by atoms with Gasteiger partial charge in [-0.2, -0.15) is 0 Å². The van der Waals surface area contributed by atoms with Crippen molar-refractivity contribution in [1.29, 1.82) is 0 Å². The van der Waals surface area contributed by atoms with Crippen LogP contribution in [0.2, 0.25) is 0 Å². The van der Waals surface area contributed by atoms with Crippen molar-refractivity contribution in [3.63, 3.8) is 0 Å². The first-order chi connectivity index (χ1) is 13.0. The predicted octanol–water partition coefficient (Wildman–Crippen LogP) is 1.67. The average molecular weight is 428 g/mol. The van der Waals surface area contributed by atoms with Crippen LogP contribution in [-0.4, -0.2) is 43.3 Å². The molecule has 8 nitrogen and oxygen atoms in total. The number of hydrogen-bond acceptors (Lipinski definition) is 7. The van der Waals surface area contributed by atoms with E-state index in [4.69, 9.17) is 9.47 Å². The van der Waals surface area contributed by atoms with Crippen molar-refractivity contribution in [2.24, 2.45) is 0 Å². The first-order valence-corrected chi connectivity index (χ1v) is 11.4. The molecule has 1 N–H and O–H groups in total. The van der Waals surface area contributed by atoms with Crippen molar-refractivity contribution < 1.29 is 31.1 Å². The average Bonchev–Trinajstić information content (AvgIpc) is 2.64. The van der Waals surface area contributed by atoms with Gasteiger partial charge in [0.15, 0.2) is 9.84 Å². The van der Waals surface area contributed by atoms with Gasteiger partial charge in [-0.3, -0.25) is 0 Å². The summed E-state index contributed by atoms with van der Waals surface area (Å²) in [7, 11) is -4.91. The Hall–Kier alpha value is -2.43. The van der Waals surface area contributed by atoms with Gasteiger partial charge in [0.25, 0.3) is 0 Å². The molecule has 0 amide bonds. The fourth-order valence-corrected chi connectivity index (χ4v) is 4.50. The number of benzene rings is 2. The van der Waals surface area contributed by atoms with Crippen LogP contribution in [0, 0.1) is 6.92 Å². The van der Waals surface area contributed by atoms with Crippen LogP contribution in [0.4, 0.5) is 0 Å². The van der Waals surface area contributed by atoms with Gasteiger partial charge in [-0.05, 0) is 42.3 Å². The molecule has 0 aliphatic rings. The van der Waals surface area contributed by atoms with Gasteiger partial charge in [0.1, 0.15) is 11.3 Å². The summed E-state index contributed by atoms with van der Waals surface area (Å²) < 4.78 is 61.0. The highest BCUT2D eigenvalue weighted by Crippen LogP contribution is 2.23. The Kier molecular flexibility index (Phi) is 6.48. The number of aryl methyl sites for hydroxylation is 1. The summed E-state index contributed by atoms with van der Waals surface area (Å²) in [5.74, 6) is -0.312. The van der Waals surface area contributed by atoms with E-state index >= 15 is 0 Å². The molecule has 0 radical (unpaired) electrons. The molecule has 10 heteroatoms. The van der Waals surface area contributed by atoms with E-state index in [0.29, 0.717) is 16.9 Å². The van der Waals surface area contributed by atoms with Gasteiger partial charge in [0.05, 0.1) is 24.0 Å². The summed E-state index contributed by atoms with van der Waals surface area (Å²) in [5, 5.41) is 0. The fourth-order valence-electron chi connectivity index (χ4n) is 2.49. The van der Waals surface area contributed by atoms with Gasteiger partial charge < -0.3 is 9.47 Å². The second kappa shape index (κ2) is 8.29. The van der Waals surface area contributed by atoms with Crippen LogP contribution in [0.1, 0.15) is 21.5 Å². The number of esters is 1. The molecule has 0 saturated carbocycles. The Morgan fingerprint density at radius 1 is 1.04 bits per heavy atom. The molecule has 0 spiro atoms. The lowest BCUT2D eigenvalue weighted by Crippen LogP contribution is -2.24. The van der Waals surface area contributed by atoms with Crippen LogP contribution in [0.15, 0.2) is 46.2 Å². The molecule has 2 aromatic rings. The largest absolute Gasteiger partial charge is 0.496 e. The number of ether oxygens (including phenoxy) is 2. The van der Waals surface area contributed by atoms with Crippen LogP contribution in [-0.2, 0) is 31.1 Å². The van der Waals surface area contributed by atoms with Gasteiger partial charge in [-0.1, -0.05) is 12.1 Å². The molecule has 0 atom stereocenters. The summed E-state index contributed by atoms with van der Waals surface area (Å²) in [5.41, 5.74) is 1.07. The van der Waals surface area contributed by atoms with Gasteiger partial charge >= 0.3 is 5.97 Å². The van der Waals surface area contributed by atoms with Crippen molar-refractivity contribution >= 4 is 25.8 Å². The Morgan fingerprint density at radius 3 is 2.29 bits per heavy atom. The maximum absolute atomic E-state index is 12.7. The lowest BCUT2D eigenvalue weighted by Gasteiger charge is -2.12. The van der Waals surface area contributed by atoms with Gasteiger partial charge in [-0.25, -0.2) is 26.4 Å². The Bertz CT molecular complexity index is 1110. The highest BCUT2D eigenvalue weighted by atomic mass is 32.2. The van der Waals surface area contributed by atoms with Gasteiger partial charge in [0.2, 0.25) is 10.0 Å².